The zero-order valence-electron chi connectivity index (χ0n) is 11.9. The molecule has 1 rings (SSSR count). The fraction of sp³-hybridized carbons (Fsp3) is 0.429. The minimum absolute atomic E-state index is 0.232. The van der Waals surface area contributed by atoms with Gasteiger partial charge in [-0.1, -0.05) is 0 Å². The van der Waals surface area contributed by atoms with Crippen molar-refractivity contribution in [3.63, 3.8) is 0 Å². The summed E-state index contributed by atoms with van der Waals surface area (Å²) >= 11 is 0. The monoisotopic (exact) mass is 283 g/mol. The van der Waals surface area contributed by atoms with Crippen LogP contribution in [-0.4, -0.2) is 30.9 Å². The minimum atomic E-state index is -1.65. The maximum atomic E-state index is 12.6. The number of nitrogens with one attached hydrogen (secondary N) is 1. The molecule has 0 saturated carbocycles. The Labute approximate surface area is 117 Å². The molecule has 0 heterocycles. The first-order chi connectivity index (χ1) is 9.26. The lowest BCUT2D eigenvalue weighted by Crippen LogP contribution is -2.41. The van der Waals surface area contributed by atoms with E-state index in [1.165, 1.54) is 19.2 Å². The predicted molar refractivity (Wildman–Crippen MR) is 72.1 cm³/mol. The van der Waals surface area contributed by atoms with Gasteiger partial charge in [-0.15, -0.1) is 0 Å². The van der Waals surface area contributed by atoms with Crippen molar-refractivity contribution in [2.75, 3.05) is 12.4 Å². The van der Waals surface area contributed by atoms with E-state index in [0.717, 1.165) is 6.92 Å². The van der Waals surface area contributed by atoms with Gasteiger partial charge < -0.3 is 14.8 Å². The third-order valence-electron chi connectivity index (χ3n) is 2.54. The number of rotatable bonds is 5. The highest BCUT2D eigenvalue weighted by Gasteiger charge is 2.28. The summed E-state index contributed by atoms with van der Waals surface area (Å²) in [6.07, 6.45) is -1.65. The van der Waals surface area contributed by atoms with Crippen molar-refractivity contribution < 1.29 is 23.5 Å². The van der Waals surface area contributed by atoms with Crippen LogP contribution in [0.2, 0.25) is 0 Å². The molecule has 1 unspecified atom stereocenters. The van der Waals surface area contributed by atoms with Crippen LogP contribution < -0.4 is 5.32 Å². The Morgan fingerprint density at radius 2 is 1.80 bits per heavy atom. The summed E-state index contributed by atoms with van der Waals surface area (Å²) in [7, 11) is 1.31. The molecule has 5 nitrogen and oxygen atoms in total. The van der Waals surface area contributed by atoms with Crippen molar-refractivity contribution >= 4 is 17.6 Å². The average Bonchev–Trinajstić information content (AvgIpc) is 2.37. The first kappa shape index (κ1) is 15.9. The number of carbonyl (C=O) groups is 2. The number of methoxy groups -OCH3 is 1. The van der Waals surface area contributed by atoms with Crippen LogP contribution in [0.5, 0.6) is 0 Å². The van der Waals surface area contributed by atoms with E-state index in [1.807, 2.05) is 0 Å². The Balaban J connectivity index is 2.77. The fourth-order valence-corrected chi connectivity index (χ4v) is 1.57. The van der Waals surface area contributed by atoms with Gasteiger partial charge in [0, 0.05) is 12.6 Å². The van der Waals surface area contributed by atoms with Gasteiger partial charge in [0.1, 0.15) is 5.54 Å². The Bertz CT molecular complexity index is 482. The van der Waals surface area contributed by atoms with E-state index in [4.69, 9.17) is 0 Å². The van der Waals surface area contributed by atoms with Crippen molar-refractivity contribution in [3.8, 4) is 0 Å². The molecule has 1 aromatic carbocycles. The zero-order valence-corrected chi connectivity index (χ0v) is 11.9. The van der Waals surface area contributed by atoms with Crippen LogP contribution in [-0.2, 0) is 14.3 Å². The molecule has 0 aliphatic carbocycles. The van der Waals surface area contributed by atoms with Crippen molar-refractivity contribution in [3.05, 3.63) is 29.8 Å². The van der Waals surface area contributed by atoms with E-state index in [-0.39, 0.29) is 5.56 Å². The van der Waals surface area contributed by atoms with Crippen LogP contribution in [0.1, 0.15) is 31.1 Å². The topological polar surface area (TPSA) is 64.6 Å². The van der Waals surface area contributed by atoms with E-state index in [0.29, 0.717) is 5.69 Å². The highest BCUT2D eigenvalue weighted by molar-refractivity contribution is 5.90. The zero-order chi connectivity index (χ0) is 15.3. The fourth-order valence-electron chi connectivity index (χ4n) is 1.57. The molecule has 0 aliphatic heterocycles. The van der Waals surface area contributed by atoms with Gasteiger partial charge in [-0.05, 0) is 38.1 Å². The first-order valence-corrected chi connectivity index (χ1v) is 6.08. The maximum absolute atomic E-state index is 12.6. The molecule has 0 radical (unpaired) electrons. The molecule has 0 aliphatic rings. The van der Waals surface area contributed by atoms with Gasteiger partial charge in [-0.25, -0.2) is 14.0 Å². The van der Waals surface area contributed by atoms with Gasteiger partial charge in [-0.2, -0.15) is 0 Å². The van der Waals surface area contributed by atoms with E-state index >= 15 is 0 Å². The SMILES string of the molecule is COC(=O)C(C)(C)Nc1ccc(C(=O)OC(C)F)cc1. The summed E-state index contributed by atoms with van der Waals surface area (Å²) < 4.78 is 21.7. The van der Waals surface area contributed by atoms with E-state index < -0.39 is 23.8 Å². The number of halogens is 1. The minimum Gasteiger partial charge on any atom is -0.467 e. The van der Waals surface area contributed by atoms with Gasteiger partial charge in [0.05, 0.1) is 12.7 Å². The molecule has 20 heavy (non-hydrogen) atoms. The Morgan fingerprint density at radius 1 is 1.25 bits per heavy atom. The van der Waals surface area contributed by atoms with Gasteiger partial charge in [0.2, 0.25) is 6.36 Å². The lowest BCUT2D eigenvalue weighted by atomic mass is 10.1. The molecule has 0 spiro atoms. The third kappa shape index (κ3) is 4.22. The molecule has 1 atom stereocenters. The van der Waals surface area contributed by atoms with Crippen LogP contribution in [0.4, 0.5) is 10.1 Å². The number of ether oxygens (including phenoxy) is 2. The van der Waals surface area contributed by atoms with Gasteiger partial charge >= 0.3 is 11.9 Å². The highest BCUT2D eigenvalue weighted by Crippen LogP contribution is 2.17. The van der Waals surface area contributed by atoms with Crippen LogP contribution in [0.15, 0.2) is 24.3 Å². The standard InChI is InChI=1S/C14H18FNO4/c1-9(15)20-12(17)10-5-7-11(8-6-10)16-14(2,3)13(18)19-4/h5-9,16H,1-4H3. The third-order valence-corrected chi connectivity index (χ3v) is 2.54. The maximum Gasteiger partial charge on any atom is 0.340 e. The van der Waals surface area contributed by atoms with E-state index in [9.17, 15) is 14.0 Å². The second-order valence-electron chi connectivity index (χ2n) is 4.77. The molecule has 0 saturated heterocycles. The first-order valence-electron chi connectivity index (χ1n) is 6.08. The quantitative estimate of drug-likeness (QED) is 0.841. The van der Waals surface area contributed by atoms with Crippen LogP contribution >= 0.6 is 0 Å². The van der Waals surface area contributed by atoms with Gasteiger partial charge in [0.25, 0.3) is 0 Å². The highest BCUT2D eigenvalue weighted by atomic mass is 19.1. The number of hydrogen-bond donors (Lipinski definition) is 1. The molecule has 110 valence electrons. The summed E-state index contributed by atoms with van der Waals surface area (Å²) in [5.41, 5.74) is -0.0364. The summed E-state index contributed by atoms with van der Waals surface area (Å²) in [6, 6.07) is 6.18. The van der Waals surface area contributed by atoms with Crippen molar-refractivity contribution in [2.24, 2.45) is 0 Å². The molecule has 1 N–H and O–H groups in total. The molecular weight excluding hydrogens is 265 g/mol. The predicted octanol–water partition coefficient (Wildman–Crippen LogP) is 2.52. The molecule has 0 fully saturated rings. The number of alkyl halides is 1. The van der Waals surface area contributed by atoms with Crippen molar-refractivity contribution in [1.29, 1.82) is 0 Å². The number of esters is 2. The van der Waals surface area contributed by atoms with E-state index in [2.05, 4.69) is 14.8 Å². The molecular formula is C14H18FNO4. The molecule has 0 amide bonds. The van der Waals surface area contributed by atoms with Crippen LogP contribution in [0.3, 0.4) is 0 Å². The van der Waals surface area contributed by atoms with Gasteiger partial charge in [-0.3, -0.25) is 0 Å². The van der Waals surface area contributed by atoms with Crippen LogP contribution in [0, 0.1) is 0 Å². The summed E-state index contributed by atoms with van der Waals surface area (Å²) in [5, 5.41) is 2.98. The molecule has 0 bridgehead atoms. The Kier molecular flexibility index (Phi) is 5.07. The van der Waals surface area contributed by atoms with Crippen molar-refractivity contribution in [2.45, 2.75) is 32.7 Å². The molecule has 1 aromatic rings. The summed E-state index contributed by atoms with van der Waals surface area (Å²) in [6.45, 7) is 4.48. The number of anilines is 1. The molecule has 0 aromatic heterocycles. The lowest BCUT2D eigenvalue weighted by molar-refractivity contribution is -0.144. The lowest BCUT2D eigenvalue weighted by Gasteiger charge is -2.24. The van der Waals surface area contributed by atoms with E-state index in [1.54, 1.807) is 26.0 Å². The summed E-state index contributed by atoms with van der Waals surface area (Å²) in [5.74, 6) is -1.15. The number of hydrogen-bond acceptors (Lipinski definition) is 5. The smallest absolute Gasteiger partial charge is 0.340 e. The van der Waals surface area contributed by atoms with Crippen LogP contribution in [0.25, 0.3) is 0 Å². The Hall–Kier alpha value is -2.11. The largest absolute Gasteiger partial charge is 0.467 e. The normalized spacial score (nSPS) is 12.4. The van der Waals surface area contributed by atoms with Gasteiger partial charge in [0.15, 0.2) is 0 Å². The molecule has 6 heteroatoms. The summed E-state index contributed by atoms with van der Waals surface area (Å²) in [4.78, 5) is 23.0. The second-order valence-corrected chi connectivity index (χ2v) is 4.77. The number of carbonyl (C=O) groups excluding carboxylic acids is 2. The Morgan fingerprint density at radius 3 is 2.25 bits per heavy atom. The number of benzene rings is 1. The average molecular weight is 283 g/mol. The van der Waals surface area contributed by atoms with Crippen molar-refractivity contribution in [1.82, 2.24) is 0 Å². The second kappa shape index (κ2) is 6.36.